The number of hydrogen-bond acceptors (Lipinski definition) is 2. The molecule has 0 N–H and O–H groups in total. The van der Waals surface area contributed by atoms with Crippen LogP contribution in [0.4, 0.5) is 17.1 Å². The van der Waals surface area contributed by atoms with Crippen LogP contribution in [0.3, 0.4) is 0 Å². The zero-order valence-corrected chi connectivity index (χ0v) is 30.6. The molecule has 0 aliphatic carbocycles. The van der Waals surface area contributed by atoms with Crippen molar-refractivity contribution in [2.45, 2.75) is 0 Å². The van der Waals surface area contributed by atoms with Crippen molar-refractivity contribution >= 4 is 71.3 Å². The minimum atomic E-state index is 0.871. The smallest absolute Gasteiger partial charge is 0.137 e. The summed E-state index contributed by atoms with van der Waals surface area (Å²) >= 11 is 0. The van der Waals surface area contributed by atoms with Crippen LogP contribution in [0.25, 0.3) is 87.6 Å². The summed E-state index contributed by atoms with van der Waals surface area (Å²) in [4.78, 5) is 2.36. The molecule has 2 nitrogen and oxygen atoms in total. The van der Waals surface area contributed by atoms with Gasteiger partial charge in [0.25, 0.3) is 0 Å². The van der Waals surface area contributed by atoms with Gasteiger partial charge in [0.1, 0.15) is 11.2 Å². The molecule has 0 bridgehead atoms. The molecule has 0 aliphatic heterocycles. The second-order valence-corrected chi connectivity index (χ2v) is 14.5. The van der Waals surface area contributed by atoms with Crippen molar-refractivity contribution in [2.24, 2.45) is 0 Å². The predicted octanol–water partition coefficient (Wildman–Crippen LogP) is 15.5. The van der Waals surface area contributed by atoms with Gasteiger partial charge >= 0.3 is 0 Å². The molecule has 0 saturated heterocycles. The van der Waals surface area contributed by atoms with Gasteiger partial charge < -0.3 is 9.32 Å². The van der Waals surface area contributed by atoms with Crippen LogP contribution < -0.4 is 4.90 Å². The number of fused-ring (bicyclic) bond motifs is 7. The first-order valence-electron chi connectivity index (χ1n) is 19.2. The third kappa shape index (κ3) is 5.42. The van der Waals surface area contributed by atoms with Gasteiger partial charge in [-0.3, -0.25) is 0 Å². The first kappa shape index (κ1) is 32.0. The minimum absolute atomic E-state index is 0.871. The monoisotopic (exact) mass is 713 g/mol. The molecule has 2 heteroatoms. The van der Waals surface area contributed by atoms with Gasteiger partial charge in [0, 0.05) is 16.8 Å². The SMILES string of the molecule is c1ccc(-c2ccc3cc(-c4ccc(N(c5ccc(-c6cc7ccccc7c7ccccc67)cc5)c5cccc6oc7ccccc7c56)cc4)ccc3c2)cc1. The molecular weight excluding hydrogens is 679 g/mol. The molecule has 0 amide bonds. The topological polar surface area (TPSA) is 16.4 Å². The first-order valence-corrected chi connectivity index (χ1v) is 19.2. The van der Waals surface area contributed by atoms with Gasteiger partial charge in [-0.15, -0.1) is 0 Å². The van der Waals surface area contributed by atoms with E-state index >= 15 is 0 Å². The van der Waals surface area contributed by atoms with E-state index in [9.17, 15) is 0 Å². The van der Waals surface area contributed by atoms with E-state index < -0.39 is 0 Å². The van der Waals surface area contributed by atoms with Crippen LogP contribution in [0.5, 0.6) is 0 Å². The lowest BCUT2D eigenvalue weighted by atomic mass is 9.93. The number of rotatable bonds is 6. The Hall–Kier alpha value is -7.42. The van der Waals surface area contributed by atoms with Crippen LogP contribution >= 0.6 is 0 Å². The molecule has 11 aromatic rings. The molecule has 0 spiro atoms. The molecule has 0 aliphatic rings. The lowest BCUT2D eigenvalue weighted by Crippen LogP contribution is -2.10. The molecule has 262 valence electrons. The third-order valence-electron chi connectivity index (χ3n) is 11.2. The third-order valence-corrected chi connectivity index (χ3v) is 11.2. The van der Waals surface area contributed by atoms with Crippen molar-refractivity contribution in [1.82, 2.24) is 0 Å². The molecular formula is C54H35NO. The van der Waals surface area contributed by atoms with E-state index in [0.29, 0.717) is 0 Å². The van der Waals surface area contributed by atoms with Gasteiger partial charge in [-0.2, -0.15) is 0 Å². The van der Waals surface area contributed by atoms with E-state index in [0.717, 1.165) is 39.0 Å². The van der Waals surface area contributed by atoms with Crippen molar-refractivity contribution < 1.29 is 4.42 Å². The highest BCUT2D eigenvalue weighted by Crippen LogP contribution is 2.44. The Morgan fingerprint density at radius 3 is 1.55 bits per heavy atom. The van der Waals surface area contributed by atoms with E-state index in [2.05, 4.69) is 205 Å². The van der Waals surface area contributed by atoms with Crippen LogP contribution in [0, 0.1) is 0 Å². The summed E-state index contributed by atoms with van der Waals surface area (Å²) in [5.74, 6) is 0. The highest BCUT2D eigenvalue weighted by atomic mass is 16.3. The summed E-state index contributed by atoms with van der Waals surface area (Å²) in [7, 11) is 0. The fraction of sp³-hybridized carbons (Fsp3) is 0. The lowest BCUT2D eigenvalue weighted by molar-refractivity contribution is 0.669. The molecule has 1 aromatic heterocycles. The van der Waals surface area contributed by atoms with Crippen molar-refractivity contribution in [1.29, 1.82) is 0 Å². The lowest BCUT2D eigenvalue weighted by Gasteiger charge is -2.27. The maximum Gasteiger partial charge on any atom is 0.137 e. The minimum Gasteiger partial charge on any atom is -0.456 e. The normalized spacial score (nSPS) is 11.6. The number of para-hydroxylation sites is 1. The van der Waals surface area contributed by atoms with Crippen LogP contribution in [0.2, 0.25) is 0 Å². The Kier molecular flexibility index (Phi) is 7.53. The summed E-state index contributed by atoms with van der Waals surface area (Å²) in [5, 5.41) is 9.71. The Balaban J connectivity index is 1.02. The molecule has 0 radical (unpaired) electrons. The molecule has 56 heavy (non-hydrogen) atoms. The zero-order valence-electron chi connectivity index (χ0n) is 30.6. The summed E-state index contributed by atoms with van der Waals surface area (Å²) in [6, 6.07) is 76.5. The van der Waals surface area contributed by atoms with Crippen molar-refractivity contribution in [3.05, 3.63) is 212 Å². The second-order valence-electron chi connectivity index (χ2n) is 14.5. The van der Waals surface area contributed by atoms with Gasteiger partial charge in [0.05, 0.1) is 11.1 Å². The predicted molar refractivity (Wildman–Crippen MR) is 237 cm³/mol. The maximum absolute atomic E-state index is 6.39. The average molecular weight is 714 g/mol. The summed E-state index contributed by atoms with van der Waals surface area (Å²) < 4.78 is 6.39. The highest BCUT2D eigenvalue weighted by molar-refractivity contribution is 6.15. The van der Waals surface area contributed by atoms with E-state index in [4.69, 9.17) is 4.42 Å². The first-order chi connectivity index (χ1) is 27.7. The molecule has 10 aromatic carbocycles. The molecule has 0 fully saturated rings. The maximum atomic E-state index is 6.39. The molecule has 0 saturated carbocycles. The number of hydrogen-bond donors (Lipinski definition) is 0. The summed E-state index contributed by atoms with van der Waals surface area (Å²) in [6.45, 7) is 0. The second kappa shape index (κ2) is 13.2. The van der Waals surface area contributed by atoms with Crippen LogP contribution in [-0.2, 0) is 0 Å². The molecule has 0 unspecified atom stereocenters. The van der Waals surface area contributed by atoms with Crippen LogP contribution in [-0.4, -0.2) is 0 Å². The van der Waals surface area contributed by atoms with Gasteiger partial charge in [-0.1, -0.05) is 152 Å². The fourth-order valence-corrected chi connectivity index (χ4v) is 8.49. The van der Waals surface area contributed by atoms with E-state index in [-0.39, 0.29) is 0 Å². The standard InChI is InChI=1S/C54H35NO/c1-2-11-36(12-3-1)39-21-23-42-34-40(22-24-41(42)33-39)37-25-29-44(30-26-37)55(51-18-10-20-53-54(51)49-17-8-9-19-52(49)56-53)45-31-27-38(28-32-45)50-35-43-13-4-5-14-46(43)47-15-6-7-16-48(47)50/h1-35H. The van der Waals surface area contributed by atoms with Gasteiger partial charge in [-0.25, -0.2) is 0 Å². The van der Waals surface area contributed by atoms with E-state index in [1.807, 2.05) is 12.1 Å². The van der Waals surface area contributed by atoms with Gasteiger partial charge in [-0.05, 0) is 126 Å². The van der Waals surface area contributed by atoms with Crippen molar-refractivity contribution in [3.63, 3.8) is 0 Å². The van der Waals surface area contributed by atoms with Gasteiger partial charge in [0.2, 0.25) is 0 Å². The fourth-order valence-electron chi connectivity index (χ4n) is 8.49. The molecule has 0 atom stereocenters. The highest BCUT2D eigenvalue weighted by Gasteiger charge is 2.20. The number of furan rings is 1. The summed E-state index contributed by atoms with van der Waals surface area (Å²) in [5.41, 5.74) is 12.2. The zero-order chi connectivity index (χ0) is 37.0. The van der Waals surface area contributed by atoms with Crippen molar-refractivity contribution in [2.75, 3.05) is 4.90 Å². The molecule has 11 rings (SSSR count). The summed E-state index contributed by atoms with van der Waals surface area (Å²) in [6.07, 6.45) is 0. The molecule has 1 heterocycles. The van der Waals surface area contributed by atoms with Crippen molar-refractivity contribution in [3.8, 4) is 33.4 Å². The van der Waals surface area contributed by atoms with Crippen LogP contribution in [0.1, 0.15) is 0 Å². The quantitative estimate of drug-likeness (QED) is 0.160. The van der Waals surface area contributed by atoms with E-state index in [1.54, 1.807) is 0 Å². The number of benzene rings is 10. The Labute approximate surface area is 325 Å². The number of nitrogens with zero attached hydrogens (tertiary/aromatic N) is 1. The van der Waals surface area contributed by atoms with Gasteiger partial charge in [0.15, 0.2) is 0 Å². The Bertz CT molecular complexity index is 3230. The Morgan fingerprint density at radius 2 is 0.839 bits per heavy atom. The largest absolute Gasteiger partial charge is 0.456 e. The van der Waals surface area contributed by atoms with E-state index in [1.165, 1.54) is 65.7 Å². The Morgan fingerprint density at radius 1 is 0.304 bits per heavy atom. The number of anilines is 3. The average Bonchev–Trinajstić information content (AvgIpc) is 3.66. The van der Waals surface area contributed by atoms with Crippen LogP contribution in [0.15, 0.2) is 217 Å².